The smallest absolute Gasteiger partial charge is 0.119 e. The maximum atomic E-state index is 6.09. The molecule has 0 spiro atoms. The summed E-state index contributed by atoms with van der Waals surface area (Å²) < 4.78 is 22.6. The van der Waals surface area contributed by atoms with Crippen molar-refractivity contribution in [1.29, 1.82) is 0 Å². The minimum Gasteiger partial charge on any atom is -0.494 e. The zero-order valence-corrected chi connectivity index (χ0v) is 22.3. The summed E-state index contributed by atoms with van der Waals surface area (Å²) in [6.45, 7) is 5.77. The van der Waals surface area contributed by atoms with Crippen molar-refractivity contribution in [2.45, 2.75) is 102 Å². The first-order valence-corrected chi connectivity index (χ1v) is 14.5. The molecule has 198 valence electrons. The molecule has 0 radical (unpaired) electrons. The second-order valence-electron chi connectivity index (χ2n) is 10.5. The Labute approximate surface area is 218 Å². The SMILES string of the molecule is CC(OCCCCCCCC1CO1)c1ccc(-c2ccc(OCCCCCCCC3CO3)cc2)cc1. The third-order valence-electron chi connectivity index (χ3n) is 7.35. The predicted octanol–water partition coefficient (Wildman–Crippen LogP) is 8.29. The number of epoxide rings is 2. The van der Waals surface area contributed by atoms with Crippen LogP contribution in [0.2, 0.25) is 0 Å². The molecule has 3 unspecified atom stereocenters. The van der Waals surface area contributed by atoms with Gasteiger partial charge in [-0.15, -0.1) is 0 Å². The number of benzene rings is 2. The first-order valence-electron chi connectivity index (χ1n) is 14.5. The minimum atomic E-state index is 0.133. The Morgan fingerprint density at radius 1 is 0.639 bits per heavy atom. The highest BCUT2D eigenvalue weighted by atomic mass is 16.6. The van der Waals surface area contributed by atoms with E-state index in [2.05, 4.69) is 55.5 Å². The van der Waals surface area contributed by atoms with E-state index in [0.717, 1.165) is 45.0 Å². The summed E-state index contributed by atoms with van der Waals surface area (Å²) in [7, 11) is 0. The van der Waals surface area contributed by atoms with Crippen molar-refractivity contribution in [3.63, 3.8) is 0 Å². The van der Waals surface area contributed by atoms with Crippen LogP contribution in [0, 0.1) is 0 Å². The Morgan fingerprint density at radius 2 is 1.11 bits per heavy atom. The van der Waals surface area contributed by atoms with Gasteiger partial charge in [0.05, 0.1) is 38.1 Å². The first-order chi connectivity index (χ1) is 17.8. The van der Waals surface area contributed by atoms with Gasteiger partial charge in [0.2, 0.25) is 0 Å². The van der Waals surface area contributed by atoms with Crippen molar-refractivity contribution in [3.05, 3.63) is 54.1 Å². The molecule has 0 amide bonds. The maximum absolute atomic E-state index is 6.09. The van der Waals surface area contributed by atoms with Crippen molar-refractivity contribution in [2.75, 3.05) is 26.4 Å². The molecular formula is C32H46O4. The molecule has 2 aliphatic rings. The average molecular weight is 495 g/mol. The summed E-state index contributed by atoms with van der Waals surface area (Å²) >= 11 is 0. The Bertz CT molecular complexity index is 839. The van der Waals surface area contributed by atoms with Crippen molar-refractivity contribution in [1.82, 2.24) is 0 Å². The van der Waals surface area contributed by atoms with Gasteiger partial charge in [-0.25, -0.2) is 0 Å². The standard InChI is InChI=1S/C32H46O4/c1-26(33-22-10-6-2-4-8-12-31-24-35-31)27-14-16-28(17-15-27)29-18-20-30(21-19-29)34-23-11-7-3-5-9-13-32-25-36-32/h14-21,26,31-32H,2-13,22-25H2,1H3. The van der Waals surface area contributed by atoms with E-state index in [1.165, 1.54) is 80.9 Å². The highest BCUT2D eigenvalue weighted by Crippen LogP contribution is 2.26. The summed E-state index contributed by atoms with van der Waals surface area (Å²) in [5, 5.41) is 0. The Kier molecular flexibility index (Phi) is 11.6. The van der Waals surface area contributed by atoms with Crippen LogP contribution in [0.25, 0.3) is 11.1 Å². The highest BCUT2D eigenvalue weighted by molar-refractivity contribution is 5.64. The van der Waals surface area contributed by atoms with E-state index in [1.54, 1.807) is 0 Å². The molecule has 4 nitrogen and oxygen atoms in total. The predicted molar refractivity (Wildman–Crippen MR) is 147 cm³/mol. The topological polar surface area (TPSA) is 43.5 Å². The van der Waals surface area contributed by atoms with Crippen LogP contribution < -0.4 is 4.74 Å². The van der Waals surface area contributed by atoms with Crippen molar-refractivity contribution >= 4 is 0 Å². The van der Waals surface area contributed by atoms with E-state index >= 15 is 0 Å². The van der Waals surface area contributed by atoms with Gasteiger partial charge >= 0.3 is 0 Å². The van der Waals surface area contributed by atoms with Gasteiger partial charge in [-0.2, -0.15) is 0 Å². The molecule has 0 bridgehead atoms. The molecular weight excluding hydrogens is 448 g/mol. The molecule has 2 aromatic rings. The van der Waals surface area contributed by atoms with Crippen LogP contribution in [0.5, 0.6) is 5.75 Å². The molecule has 2 fully saturated rings. The molecule has 0 saturated carbocycles. The third-order valence-corrected chi connectivity index (χ3v) is 7.35. The maximum Gasteiger partial charge on any atom is 0.119 e. The van der Waals surface area contributed by atoms with E-state index in [0.29, 0.717) is 12.2 Å². The van der Waals surface area contributed by atoms with E-state index in [4.69, 9.17) is 18.9 Å². The van der Waals surface area contributed by atoms with Crippen molar-refractivity contribution in [2.24, 2.45) is 0 Å². The highest BCUT2D eigenvalue weighted by Gasteiger charge is 2.21. The molecule has 0 aromatic heterocycles. The normalized spacial score (nSPS) is 19.2. The Balaban J connectivity index is 1.06. The number of hydrogen-bond acceptors (Lipinski definition) is 4. The van der Waals surface area contributed by atoms with Crippen molar-refractivity contribution in [3.8, 4) is 16.9 Å². The number of ether oxygens (including phenoxy) is 4. The number of rotatable bonds is 20. The van der Waals surface area contributed by atoms with Gasteiger partial charge < -0.3 is 18.9 Å². The third kappa shape index (κ3) is 10.6. The fourth-order valence-electron chi connectivity index (χ4n) is 4.71. The van der Waals surface area contributed by atoms with Crippen LogP contribution in [0.15, 0.2) is 48.5 Å². The fourth-order valence-corrected chi connectivity index (χ4v) is 4.71. The van der Waals surface area contributed by atoms with Crippen molar-refractivity contribution < 1.29 is 18.9 Å². The lowest BCUT2D eigenvalue weighted by Gasteiger charge is -2.14. The molecule has 0 N–H and O–H groups in total. The van der Waals surface area contributed by atoms with Gasteiger partial charge in [0.25, 0.3) is 0 Å². The average Bonchev–Trinajstić information content (AvgIpc) is 3.84. The van der Waals surface area contributed by atoms with Gasteiger partial charge in [-0.1, -0.05) is 87.8 Å². The fraction of sp³-hybridized carbons (Fsp3) is 0.625. The molecule has 2 aliphatic heterocycles. The molecule has 2 aromatic carbocycles. The van der Waals surface area contributed by atoms with E-state index in [9.17, 15) is 0 Å². The zero-order valence-electron chi connectivity index (χ0n) is 22.3. The quantitative estimate of drug-likeness (QED) is 0.137. The van der Waals surface area contributed by atoms with Gasteiger partial charge in [-0.3, -0.25) is 0 Å². The van der Waals surface area contributed by atoms with Crippen LogP contribution in [0.4, 0.5) is 0 Å². The lowest BCUT2D eigenvalue weighted by molar-refractivity contribution is 0.0627. The second-order valence-corrected chi connectivity index (χ2v) is 10.5. The lowest BCUT2D eigenvalue weighted by Crippen LogP contribution is -2.02. The zero-order chi connectivity index (χ0) is 24.8. The summed E-state index contributed by atoms with van der Waals surface area (Å²) in [4.78, 5) is 0. The molecule has 4 heteroatoms. The lowest BCUT2D eigenvalue weighted by atomic mass is 10.0. The molecule has 2 saturated heterocycles. The van der Waals surface area contributed by atoms with E-state index < -0.39 is 0 Å². The number of unbranched alkanes of at least 4 members (excludes halogenated alkanes) is 8. The monoisotopic (exact) mass is 494 g/mol. The van der Waals surface area contributed by atoms with Crippen LogP contribution >= 0.6 is 0 Å². The molecule has 4 rings (SSSR count). The molecule has 3 atom stereocenters. The molecule has 36 heavy (non-hydrogen) atoms. The first kappa shape index (κ1) is 27.2. The van der Waals surface area contributed by atoms with Gasteiger partial charge in [-0.05, 0) is 61.4 Å². The number of hydrogen-bond donors (Lipinski definition) is 0. The summed E-state index contributed by atoms with van der Waals surface area (Å²) in [6, 6.07) is 17.3. The minimum absolute atomic E-state index is 0.133. The summed E-state index contributed by atoms with van der Waals surface area (Å²) in [6.07, 6.45) is 16.4. The van der Waals surface area contributed by atoms with Crippen LogP contribution in [0.3, 0.4) is 0 Å². The van der Waals surface area contributed by atoms with Crippen LogP contribution in [-0.2, 0) is 14.2 Å². The van der Waals surface area contributed by atoms with E-state index in [1.807, 2.05) is 0 Å². The summed E-state index contributed by atoms with van der Waals surface area (Å²) in [5.74, 6) is 0.959. The second kappa shape index (κ2) is 15.4. The van der Waals surface area contributed by atoms with Gasteiger partial charge in [0.15, 0.2) is 0 Å². The largest absolute Gasteiger partial charge is 0.494 e. The Hall–Kier alpha value is -1.88. The summed E-state index contributed by atoms with van der Waals surface area (Å²) in [5.41, 5.74) is 3.69. The molecule has 2 heterocycles. The van der Waals surface area contributed by atoms with E-state index in [-0.39, 0.29) is 6.10 Å². The molecule has 0 aliphatic carbocycles. The van der Waals surface area contributed by atoms with Crippen LogP contribution in [-0.4, -0.2) is 38.6 Å². The van der Waals surface area contributed by atoms with Gasteiger partial charge in [0.1, 0.15) is 5.75 Å². The van der Waals surface area contributed by atoms with Crippen LogP contribution in [0.1, 0.15) is 95.6 Å². The Morgan fingerprint density at radius 3 is 1.67 bits per heavy atom. The van der Waals surface area contributed by atoms with Gasteiger partial charge in [0, 0.05) is 6.61 Å².